The van der Waals surface area contributed by atoms with Gasteiger partial charge in [-0.05, 0) is 38.3 Å². The molecule has 1 aromatic carbocycles. The maximum Gasteiger partial charge on any atom is 0.254 e. The fraction of sp³-hybridized carbons (Fsp3) is 0.435. The molecule has 1 amide bonds. The number of carbonyl (C=O) groups is 1. The Hall–Kier alpha value is -2.69. The van der Waals surface area contributed by atoms with E-state index < -0.39 is 0 Å². The van der Waals surface area contributed by atoms with Gasteiger partial charge >= 0.3 is 0 Å². The van der Waals surface area contributed by atoms with Gasteiger partial charge in [0.05, 0.1) is 11.1 Å². The van der Waals surface area contributed by atoms with Gasteiger partial charge in [-0.15, -0.1) is 0 Å². The van der Waals surface area contributed by atoms with Crippen LogP contribution >= 0.6 is 0 Å². The number of piperidine rings is 1. The Bertz CT molecular complexity index is 970. The molecule has 0 spiro atoms. The first kappa shape index (κ1) is 18.7. The predicted octanol–water partition coefficient (Wildman–Crippen LogP) is 4.56. The van der Waals surface area contributed by atoms with Gasteiger partial charge < -0.3 is 9.47 Å². The minimum Gasteiger partial charge on any atom is -0.339 e. The number of hydrogen-bond acceptors (Lipinski definition) is 3. The number of amides is 1. The third-order valence-electron chi connectivity index (χ3n) is 5.72. The van der Waals surface area contributed by atoms with Crippen LogP contribution in [0.25, 0.3) is 10.9 Å². The molecule has 1 saturated heterocycles. The molecular formula is C23H28N4O. The Balaban J connectivity index is 1.49. The summed E-state index contributed by atoms with van der Waals surface area (Å²) in [5.41, 5.74) is 2.54. The molecule has 1 aliphatic rings. The molecule has 1 aliphatic heterocycles. The number of fused-ring (bicyclic) bond motifs is 1. The molecule has 0 radical (unpaired) electrons. The van der Waals surface area contributed by atoms with Crippen molar-refractivity contribution in [1.29, 1.82) is 0 Å². The summed E-state index contributed by atoms with van der Waals surface area (Å²) >= 11 is 0. The molecule has 0 aliphatic carbocycles. The van der Waals surface area contributed by atoms with E-state index in [1.54, 1.807) is 0 Å². The Labute approximate surface area is 166 Å². The summed E-state index contributed by atoms with van der Waals surface area (Å²) < 4.78 is 2.30. The smallest absolute Gasteiger partial charge is 0.254 e. The van der Waals surface area contributed by atoms with Crippen molar-refractivity contribution in [2.75, 3.05) is 13.1 Å². The molecule has 5 heteroatoms. The average molecular weight is 377 g/mol. The summed E-state index contributed by atoms with van der Waals surface area (Å²) in [7, 11) is 0. The molecule has 0 bridgehead atoms. The van der Waals surface area contributed by atoms with Crippen LogP contribution in [0.4, 0.5) is 0 Å². The van der Waals surface area contributed by atoms with Crippen LogP contribution in [0.1, 0.15) is 60.4 Å². The van der Waals surface area contributed by atoms with Crippen molar-refractivity contribution in [2.24, 2.45) is 0 Å². The van der Waals surface area contributed by atoms with Crippen LogP contribution < -0.4 is 0 Å². The molecule has 0 N–H and O–H groups in total. The first-order valence-electron chi connectivity index (χ1n) is 10.3. The molecular weight excluding hydrogens is 348 g/mol. The Morgan fingerprint density at radius 2 is 2.00 bits per heavy atom. The van der Waals surface area contributed by atoms with Crippen molar-refractivity contribution in [2.45, 2.75) is 52.0 Å². The van der Waals surface area contributed by atoms with Gasteiger partial charge in [-0.2, -0.15) is 0 Å². The number of imidazole rings is 1. The number of para-hydroxylation sites is 1. The number of nitrogens with zero attached hydrogens (tertiary/aromatic N) is 4. The summed E-state index contributed by atoms with van der Waals surface area (Å²) in [6, 6.07) is 9.83. The molecule has 0 atom stereocenters. The van der Waals surface area contributed by atoms with Crippen molar-refractivity contribution in [3.05, 3.63) is 59.8 Å². The van der Waals surface area contributed by atoms with E-state index in [9.17, 15) is 4.79 Å². The normalized spacial score (nSPS) is 15.3. The summed E-state index contributed by atoms with van der Waals surface area (Å²) in [4.78, 5) is 24.4. The fourth-order valence-electron chi connectivity index (χ4n) is 4.19. The highest BCUT2D eigenvalue weighted by atomic mass is 16.2. The van der Waals surface area contributed by atoms with E-state index >= 15 is 0 Å². The SMILES string of the molecule is CCCCn1ccnc1C1CCN(C(=O)c2cc(C)nc3ccccc23)CC1. The standard InChI is InChI=1S/C23H28N4O/c1-3-4-12-26-15-11-24-22(26)18-9-13-27(14-10-18)23(28)20-16-17(2)25-21-8-6-5-7-19(20)21/h5-8,11,15-16,18H,3-4,9-10,12-14H2,1-2H3. The van der Waals surface area contributed by atoms with Crippen LogP contribution in [0.3, 0.4) is 0 Å². The van der Waals surface area contributed by atoms with Crippen LogP contribution in [0.5, 0.6) is 0 Å². The predicted molar refractivity (Wildman–Crippen MR) is 111 cm³/mol. The molecule has 2 aromatic heterocycles. The van der Waals surface area contributed by atoms with Crippen molar-refractivity contribution < 1.29 is 4.79 Å². The van der Waals surface area contributed by atoms with E-state index in [0.717, 1.165) is 54.6 Å². The van der Waals surface area contributed by atoms with Crippen molar-refractivity contribution in [3.63, 3.8) is 0 Å². The van der Waals surface area contributed by atoms with E-state index in [1.165, 1.54) is 18.7 Å². The number of rotatable bonds is 5. The molecule has 5 nitrogen and oxygen atoms in total. The number of hydrogen-bond donors (Lipinski definition) is 0. The summed E-state index contributed by atoms with van der Waals surface area (Å²) in [5, 5.41) is 0.940. The third kappa shape index (κ3) is 3.66. The summed E-state index contributed by atoms with van der Waals surface area (Å²) in [6.07, 6.45) is 8.30. The lowest BCUT2D eigenvalue weighted by Crippen LogP contribution is -2.38. The average Bonchev–Trinajstić information content (AvgIpc) is 3.19. The number of unbranched alkanes of at least 4 members (excludes halogenated alkanes) is 1. The van der Waals surface area contributed by atoms with Crippen LogP contribution in [0, 0.1) is 6.92 Å². The van der Waals surface area contributed by atoms with Crippen molar-refractivity contribution >= 4 is 16.8 Å². The maximum absolute atomic E-state index is 13.2. The van der Waals surface area contributed by atoms with Crippen molar-refractivity contribution in [1.82, 2.24) is 19.4 Å². The molecule has 0 unspecified atom stereocenters. The second kappa shape index (κ2) is 8.13. The zero-order chi connectivity index (χ0) is 19.5. The van der Waals surface area contributed by atoms with Gasteiger partial charge in [0.1, 0.15) is 5.82 Å². The molecule has 0 saturated carbocycles. The van der Waals surface area contributed by atoms with Crippen LogP contribution in [-0.4, -0.2) is 38.4 Å². The van der Waals surface area contributed by atoms with Crippen LogP contribution in [-0.2, 0) is 6.54 Å². The summed E-state index contributed by atoms with van der Waals surface area (Å²) in [6.45, 7) is 6.75. The Morgan fingerprint density at radius 3 is 2.79 bits per heavy atom. The molecule has 3 aromatic rings. The zero-order valence-corrected chi connectivity index (χ0v) is 16.8. The number of benzene rings is 1. The third-order valence-corrected chi connectivity index (χ3v) is 5.72. The lowest BCUT2D eigenvalue weighted by atomic mass is 9.95. The molecule has 146 valence electrons. The van der Waals surface area contributed by atoms with Gasteiger partial charge in [-0.3, -0.25) is 9.78 Å². The van der Waals surface area contributed by atoms with E-state index in [-0.39, 0.29) is 5.91 Å². The first-order chi connectivity index (χ1) is 13.7. The number of carbonyl (C=O) groups excluding carboxylic acids is 1. The van der Waals surface area contributed by atoms with E-state index in [4.69, 9.17) is 0 Å². The van der Waals surface area contributed by atoms with Gasteiger partial charge in [0.25, 0.3) is 5.91 Å². The monoisotopic (exact) mass is 376 g/mol. The molecule has 28 heavy (non-hydrogen) atoms. The molecule has 3 heterocycles. The van der Waals surface area contributed by atoms with E-state index in [1.807, 2.05) is 48.4 Å². The number of aryl methyl sites for hydroxylation is 2. The molecule has 4 rings (SSSR count). The topological polar surface area (TPSA) is 51.0 Å². The number of aromatic nitrogens is 3. The largest absolute Gasteiger partial charge is 0.339 e. The second-order valence-electron chi connectivity index (χ2n) is 7.73. The van der Waals surface area contributed by atoms with Crippen LogP contribution in [0.2, 0.25) is 0 Å². The van der Waals surface area contributed by atoms with E-state index in [0.29, 0.717) is 5.92 Å². The van der Waals surface area contributed by atoms with Gasteiger partial charge in [0.15, 0.2) is 0 Å². The van der Waals surface area contributed by atoms with Crippen molar-refractivity contribution in [3.8, 4) is 0 Å². The maximum atomic E-state index is 13.2. The summed E-state index contributed by atoms with van der Waals surface area (Å²) in [5.74, 6) is 1.74. The van der Waals surface area contributed by atoms with Gasteiger partial charge in [0, 0.05) is 49.0 Å². The minimum atomic E-state index is 0.120. The first-order valence-corrected chi connectivity index (χ1v) is 10.3. The minimum absolute atomic E-state index is 0.120. The second-order valence-corrected chi connectivity index (χ2v) is 7.73. The van der Waals surface area contributed by atoms with Gasteiger partial charge in [0.2, 0.25) is 0 Å². The highest BCUT2D eigenvalue weighted by Gasteiger charge is 2.27. The Morgan fingerprint density at radius 1 is 1.21 bits per heavy atom. The highest BCUT2D eigenvalue weighted by Crippen LogP contribution is 2.29. The lowest BCUT2D eigenvalue weighted by Gasteiger charge is -2.32. The van der Waals surface area contributed by atoms with Gasteiger partial charge in [-0.1, -0.05) is 31.5 Å². The quantitative estimate of drug-likeness (QED) is 0.656. The fourth-order valence-corrected chi connectivity index (χ4v) is 4.19. The number of pyridine rings is 1. The van der Waals surface area contributed by atoms with Crippen LogP contribution in [0.15, 0.2) is 42.7 Å². The molecule has 1 fully saturated rings. The Kier molecular flexibility index (Phi) is 5.42. The van der Waals surface area contributed by atoms with E-state index in [2.05, 4.69) is 27.7 Å². The zero-order valence-electron chi connectivity index (χ0n) is 16.8. The lowest BCUT2D eigenvalue weighted by molar-refractivity contribution is 0.0712. The van der Waals surface area contributed by atoms with Gasteiger partial charge in [-0.25, -0.2) is 4.98 Å². The highest BCUT2D eigenvalue weighted by molar-refractivity contribution is 6.06. The number of likely N-dealkylation sites (tertiary alicyclic amines) is 1.